The molecule has 88 valence electrons. The molecule has 7 heteroatoms. The van der Waals surface area contributed by atoms with Gasteiger partial charge in [0.2, 0.25) is 0 Å². The molecule has 2 N–H and O–H groups in total. The van der Waals surface area contributed by atoms with Gasteiger partial charge in [0, 0.05) is 10.7 Å². The topological polar surface area (TPSA) is 94.9 Å². The number of amides is 2. The smallest absolute Gasteiger partial charge is 0.314 e. The number of aryl methyl sites for hydroxylation is 1. The molecule has 1 aromatic heterocycles. The Labute approximate surface area is 106 Å². The summed E-state index contributed by atoms with van der Waals surface area (Å²) in [4.78, 5) is 26.4. The van der Waals surface area contributed by atoms with Crippen molar-refractivity contribution in [2.75, 3.05) is 11.9 Å². The predicted octanol–water partition coefficient (Wildman–Crippen LogP) is 0.731. The Morgan fingerprint density at radius 2 is 2.24 bits per heavy atom. The highest BCUT2D eigenvalue weighted by Crippen LogP contribution is 2.16. The molecule has 1 rings (SSSR count). The number of hydrogen-bond donors (Lipinski definition) is 2. The molecule has 17 heavy (non-hydrogen) atoms. The first-order chi connectivity index (χ1) is 8.04. The monoisotopic (exact) mass is 296 g/mol. The van der Waals surface area contributed by atoms with Gasteiger partial charge in [-0.05, 0) is 34.5 Å². The standard InChI is InChI=1S/C10H9BrN4O2/c1-6-4-8(14-5-7(6)11)15-10(17)9(16)13-3-2-12/h4-5H,3H2,1H3,(H,13,16)(H,14,15,17). The summed E-state index contributed by atoms with van der Waals surface area (Å²) in [5, 5.41) is 12.7. The number of nitrogens with zero attached hydrogens (tertiary/aromatic N) is 2. The van der Waals surface area contributed by atoms with Crippen LogP contribution in [0.2, 0.25) is 0 Å². The lowest BCUT2D eigenvalue weighted by molar-refractivity contribution is -0.136. The quantitative estimate of drug-likeness (QED) is 0.621. The average Bonchev–Trinajstić information content (AvgIpc) is 2.30. The zero-order valence-corrected chi connectivity index (χ0v) is 10.5. The van der Waals surface area contributed by atoms with Crippen LogP contribution in [0, 0.1) is 18.3 Å². The van der Waals surface area contributed by atoms with Crippen LogP contribution in [0.15, 0.2) is 16.7 Å². The van der Waals surface area contributed by atoms with Crippen molar-refractivity contribution in [2.24, 2.45) is 0 Å². The van der Waals surface area contributed by atoms with Crippen LogP contribution in [0.3, 0.4) is 0 Å². The zero-order valence-electron chi connectivity index (χ0n) is 8.95. The number of nitrogens with one attached hydrogen (secondary N) is 2. The fourth-order valence-corrected chi connectivity index (χ4v) is 1.20. The van der Waals surface area contributed by atoms with E-state index in [9.17, 15) is 9.59 Å². The summed E-state index contributed by atoms with van der Waals surface area (Å²) in [6.07, 6.45) is 1.53. The van der Waals surface area contributed by atoms with E-state index in [1.807, 2.05) is 6.92 Å². The van der Waals surface area contributed by atoms with E-state index in [4.69, 9.17) is 5.26 Å². The Kier molecular flexibility index (Phi) is 4.60. The molecule has 0 aliphatic carbocycles. The van der Waals surface area contributed by atoms with Crippen LogP contribution in [0.25, 0.3) is 0 Å². The van der Waals surface area contributed by atoms with Gasteiger partial charge in [0.05, 0.1) is 6.07 Å². The van der Waals surface area contributed by atoms with Gasteiger partial charge in [0.1, 0.15) is 12.4 Å². The summed E-state index contributed by atoms with van der Waals surface area (Å²) < 4.78 is 0.810. The van der Waals surface area contributed by atoms with Crippen molar-refractivity contribution < 1.29 is 9.59 Å². The van der Waals surface area contributed by atoms with E-state index in [0.29, 0.717) is 0 Å². The molecular formula is C10H9BrN4O2. The second-order valence-corrected chi connectivity index (χ2v) is 3.97. The molecular weight excluding hydrogens is 288 g/mol. The summed E-state index contributed by atoms with van der Waals surface area (Å²) in [7, 11) is 0. The predicted molar refractivity (Wildman–Crippen MR) is 63.9 cm³/mol. The first-order valence-corrected chi connectivity index (χ1v) is 5.42. The zero-order chi connectivity index (χ0) is 12.8. The lowest BCUT2D eigenvalue weighted by atomic mass is 10.3. The lowest BCUT2D eigenvalue weighted by Gasteiger charge is -2.05. The molecule has 2 amide bonds. The van der Waals surface area contributed by atoms with Crippen molar-refractivity contribution in [3.05, 3.63) is 22.3 Å². The number of nitriles is 1. The Morgan fingerprint density at radius 3 is 2.82 bits per heavy atom. The molecule has 0 spiro atoms. The number of rotatable bonds is 2. The van der Waals surface area contributed by atoms with Gasteiger partial charge in [-0.2, -0.15) is 5.26 Å². The van der Waals surface area contributed by atoms with Gasteiger partial charge in [0.15, 0.2) is 0 Å². The Bertz CT molecular complexity index is 496. The maximum Gasteiger partial charge on any atom is 0.314 e. The highest BCUT2D eigenvalue weighted by molar-refractivity contribution is 9.10. The van der Waals surface area contributed by atoms with Gasteiger partial charge in [-0.25, -0.2) is 4.98 Å². The number of pyridine rings is 1. The first-order valence-electron chi connectivity index (χ1n) is 4.63. The lowest BCUT2D eigenvalue weighted by Crippen LogP contribution is -2.35. The largest absolute Gasteiger partial charge is 0.335 e. The molecule has 0 radical (unpaired) electrons. The summed E-state index contributed by atoms with van der Waals surface area (Å²) >= 11 is 3.27. The van der Waals surface area contributed by atoms with Gasteiger partial charge in [-0.3, -0.25) is 9.59 Å². The van der Waals surface area contributed by atoms with E-state index >= 15 is 0 Å². The number of hydrogen-bond acceptors (Lipinski definition) is 4. The van der Waals surface area contributed by atoms with Gasteiger partial charge in [-0.15, -0.1) is 0 Å². The van der Waals surface area contributed by atoms with Crippen LogP contribution in [-0.4, -0.2) is 23.3 Å². The summed E-state index contributed by atoms with van der Waals surface area (Å²) in [6.45, 7) is 1.62. The normalized spacial score (nSPS) is 9.24. The van der Waals surface area contributed by atoms with Gasteiger partial charge in [-0.1, -0.05) is 0 Å². The number of anilines is 1. The summed E-state index contributed by atoms with van der Waals surface area (Å²) in [5.74, 6) is -1.44. The van der Waals surface area contributed by atoms with Crippen molar-refractivity contribution in [1.29, 1.82) is 5.26 Å². The van der Waals surface area contributed by atoms with Crippen molar-refractivity contribution in [1.82, 2.24) is 10.3 Å². The average molecular weight is 297 g/mol. The SMILES string of the molecule is Cc1cc(NC(=O)C(=O)NCC#N)ncc1Br. The number of aromatic nitrogens is 1. The van der Waals surface area contributed by atoms with Crippen molar-refractivity contribution in [3.8, 4) is 6.07 Å². The van der Waals surface area contributed by atoms with Gasteiger partial charge in [0.25, 0.3) is 0 Å². The van der Waals surface area contributed by atoms with Crippen LogP contribution in [0.5, 0.6) is 0 Å². The third-order valence-electron chi connectivity index (χ3n) is 1.82. The highest BCUT2D eigenvalue weighted by Gasteiger charge is 2.13. The minimum atomic E-state index is -0.867. The Balaban J connectivity index is 2.65. The van der Waals surface area contributed by atoms with Gasteiger partial charge >= 0.3 is 11.8 Å². The minimum Gasteiger partial charge on any atom is -0.335 e. The molecule has 0 aliphatic heterocycles. The summed E-state index contributed by atoms with van der Waals surface area (Å²) in [5.41, 5.74) is 0.882. The molecule has 1 heterocycles. The maximum atomic E-state index is 11.3. The fourth-order valence-electron chi connectivity index (χ4n) is 0.981. The number of carbonyl (C=O) groups excluding carboxylic acids is 2. The molecule has 0 atom stereocenters. The Morgan fingerprint density at radius 1 is 1.53 bits per heavy atom. The molecule has 6 nitrogen and oxygen atoms in total. The van der Waals surface area contributed by atoms with E-state index in [1.54, 1.807) is 12.1 Å². The number of carbonyl (C=O) groups is 2. The van der Waals surface area contributed by atoms with E-state index < -0.39 is 11.8 Å². The Hall–Kier alpha value is -1.94. The van der Waals surface area contributed by atoms with Crippen LogP contribution in [0.1, 0.15) is 5.56 Å². The third-order valence-corrected chi connectivity index (χ3v) is 2.65. The second-order valence-electron chi connectivity index (χ2n) is 3.11. The van der Waals surface area contributed by atoms with Crippen molar-refractivity contribution in [2.45, 2.75) is 6.92 Å². The molecule has 0 fully saturated rings. The molecule has 0 saturated heterocycles. The second kappa shape index (κ2) is 5.96. The van der Waals surface area contributed by atoms with Crippen LogP contribution < -0.4 is 10.6 Å². The van der Waals surface area contributed by atoms with E-state index in [1.165, 1.54) is 6.20 Å². The van der Waals surface area contributed by atoms with Gasteiger partial charge < -0.3 is 10.6 Å². The summed E-state index contributed by atoms with van der Waals surface area (Å²) in [6, 6.07) is 3.32. The third kappa shape index (κ3) is 3.85. The van der Waals surface area contributed by atoms with E-state index in [-0.39, 0.29) is 12.4 Å². The molecule has 0 saturated carbocycles. The van der Waals surface area contributed by atoms with Crippen molar-refractivity contribution >= 4 is 33.6 Å². The van der Waals surface area contributed by atoms with Crippen LogP contribution >= 0.6 is 15.9 Å². The maximum absolute atomic E-state index is 11.3. The van der Waals surface area contributed by atoms with Crippen LogP contribution in [0.4, 0.5) is 5.82 Å². The van der Waals surface area contributed by atoms with E-state index in [2.05, 4.69) is 31.5 Å². The van der Waals surface area contributed by atoms with Crippen LogP contribution in [-0.2, 0) is 9.59 Å². The molecule has 0 unspecified atom stereocenters. The molecule has 0 aromatic carbocycles. The highest BCUT2D eigenvalue weighted by atomic mass is 79.9. The molecule has 0 aliphatic rings. The van der Waals surface area contributed by atoms with Crippen molar-refractivity contribution in [3.63, 3.8) is 0 Å². The first kappa shape index (κ1) is 13.1. The molecule has 0 bridgehead atoms. The van der Waals surface area contributed by atoms with E-state index in [0.717, 1.165) is 10.0 Å². The molecule has 1 aromatic rings. The minimum absolute atomic E-state index is 0.209. The fraction of sp³-hybridized carbons (Fsp3) is 0.200. The number of halogens is 1.